The third-order valence-corrected chi connectivity index (χ3v) is 5.57. The maximum Gasteiger partial charge on any atom is 0.357 e. The van der Waals surface area contributed by atoms with E-state index in [1.165, 1.54) is 12.1 Å². The van der Waals surface area contributed by atoms with Crippen molar-refractivity contribution in [3.8, 4) is 11.5 Å². The van der Waals surface area contributed by atoms with Crippen molar-refractivity contribution in [1.29, 1.82) is 0 Å². The van der Waals surface area contributed by atoms with Gasteiger partial charge in [0.15, 0.2) is 23.3 Å². The van der Waals surface area contributed by atoms with Crippen LogP contribution in [0.2, 0.25) is 0 Å². The van der Waals surface area contributed by atoms with Crippen molar-refractivity contribution in [3.63, 3.8) is 0 Å². The van der Waals surface area contributed by atoms with Gasteiger partial charge in [0.1, 0.15) is 13.2 Å². The third-order valence-electron chi connectivity index (χ3n) is 4.28. The fourth-order valence-corrected chi connectivity index (χ4v) is 3.79. The largest absolute Gasteiger partial charge is 0.486 e. The normalized spacial score (nSPS) is 16.2. The molecule has 0 bridgehead atoms. The van der Waals surface area contributed by atoms with Crippen LogP contribution in [0.15, 0.2) is 41.3 Å². The van der Waals surface area contributed by atoms with E-state index in [1.54, 1.807) is 24.3 Å². The van der Waals surface area contributed by atoms with Crippen molar-refractivity contribution in [3.05, 3.63) is 47.7 Å². The molecule has 3 aromatic rings. The van der Waals surface area contributed by atoms with E-state index in [9.17, 15) is 18.3 Å². The van der Waals surface area contributed by atoms with Gasteiger partial charge in [-0.1, -0.05) is 17.7 Å². The van der Waals surface area contributed by atoms with E-state index in [-0.39, 0.29) is 34.9 Å². The van der Waals surface area contributed by atoms with Gasteiger partial charge in [-0.15, -0.1) is 0 Å². The van der Waals surface area contributed by atoms with Gasteiger partial charge < -0.3 is 14.6 Å². The van der Waals surface area contributed by atoms with E-state index in [2.05, 4.69) is 10.2 Å². The van der Waals surface area contributed by atoms with Crippen molar-refractivity contribution in [1.82, 2.24) is 10.2 Å². The Hall–Kier alpha value is -3.11. The molecule has 9 nitrogen and oxygen atoms in total. The second-order valence-electron chi connectivity index (χ2n) is 6.30. The number of aromatic carboxylic acids is 1. The summed E-state index contributed by atoms with van der Waals surface area (Å²) in [6.45, 7) is 1.62. The van der Waals surface area contributed by atoms with Crippen molar-refractivity contribution in [2.45, 2.75) is 17.9 Å². The van der Waals surface area contributed by atoms with E-state index in [0.717, 1.165) is 5.56 Å². The Kier molecular flexibility index (Phi) is 4.44. The number of carboxylic acids is 1. The summed E-state index contributed by atoms with van der Waals surface area (Å²) in [5, 5.41) is 16.0. The van der Waals surface area contributed by atoms with Gasteiger partial charge >= 0.3 is 5.97 Å². The van der Waals surface area contributed by atoms with E-state index < -0.39 is 22.2 Å². The van der Waals surface area contributed by atoms with Crippen LogP contribution in [0.1, 0.15) is 16.1 Å². The number of aryl methyl sites for hydroxylation is 1. The molecular formula is C18H16N2O7S. The van der Waals surface area contributed by atoms with E-state index in [1.807, 2.05) is 6.92 Å². The second-order valence-corrected chi connectivity index (χ2v) is 7.91. The molecule has 0 radical (unpaired) electrons. The average molecular weight is 404 g/mol. The number of nitrogens with zero attached hydrogens (tertiary/aromatic N) is 1. The number of benzene rings is 2. The topological polar surface area (TPSA) is 128 Å². The predicted octanol–water partition coefficient (Wildman–Crippen LogP) is 2.11. The minimum Gasteiger partial charge on any atom is -0.486 e. The summed E-state index contributed by atoms with van der Waals surface area (Å²) >= 11 is 0. The number of carboxylic acid groups (broad SMARTS) is 1. The van der Waals surface area contributed by atoms with Crippen LogP contribution in [0.4, 0.5) is 0 Å². The second kappa shape index (κ2) is 6.80. The van der Waals surface area contributed by atoms with Crippen molar-refractivity contribution in [2.75, 3.05) is 13.2 Å². The average Bonchev–Trinajstić information content (AvgIpc) is 3.11. The fourth-order valence-electron chi connectivity index (χ4n) is 2.85. The maximum absolute atomic E-state index is 12.3. The first-order valence-electron chi connectivity index (χ1n) is 8.35. The molecule has 2 aromatic carbocycles. The van der Waals surface area contributed by atoms with Crippen molar-refractivity contribution in [2.24, 2.45) is 0 Å². The lowest BCUT2D eigenvalue weighted by Crippen LogP contribution is -2.34. The molecule has 10 heteroatoms. The van der Waals surface area contributed by atoms with Crippen LogP contribution in [-0.2, 0) is 14.3 Å². The summed E-state index contributed by atoms with van der Waals surface area (Å²) in [7, 11) is -3.96. The molecule has 146 valence electrons. The Morgan fingerprint density at radius 1 is 1.29 bits per heavy atom. The van der Waals surface area contributed by atoms with Gasteiger partial charge in [-0.3, -0.25) is 9.28 Å². The predicted molar refractivity (Wildman–Crippen MR) is 97.3 cm³/mol. The molecule has 0 saturated heterocycles. The lowest BCUT2D eigenvalue weighted by atomic mass is 10.1. The molecule has 0 saturated carbocycles. The Morgan fingerprint density at radius 2 is 2.04 bits per heavy atom. The minimum atomic E-state index is -3.96. The quantitative estimate of drug-likeness (QED) is 0.619. The maximum atomic E-state index is 12.3. The summed E-state index contributed by atoms with van der Waals surface area (Å²) in [6, 6.07) is 9.54. The van der Waals surface area contributed by atoms with Crippen LogP contribution in [0.5, 0.6) is 11.5 Å². The number of ether oxygens (including phenoxy) is 2. The Morgan fingerprint density at radius 3 is 2.75 bits per heavy atom. The molecule has 1 aliphatic heterocycles. The zero-order valence-electron chi connectivity index (χ0n) is 14.7. The van der Waals surface area contributed by atoms with Crippen LogP contribution >= 0.6 is 0 Å². The molecule has 4 rings (SSSR count). The van der Waals surface area contributed by atoms with Gasteiger partial charge in [0, 0.05) is 0 Å². The highest BCUT2D eigenvalue weighted by Gasteiger charge is 2.29. The fraction of sp³-hybridized carbons (Fsp3) is 0.222. The van der Waals surface area contributed by atoms with E-state index >= 15 is 0 Å². The lowest BCUT2D eigenvalue weighted by Gasteiger charge is -2.26. The zero-order chi connectivity index (χ0) is 19.9. The SMILES string of the molecule is Cc1ccc(S(=O)(=O)OCC2COc3ccc4[nH]nc(C(=O)O)c4c3O2)cc1. The molecule has 0 amide bonds. The first-order chi connectivity index (χ1) is 13.3. The summed E-state index contributed by atoms with van der Waals surface area (Å²) in [5.41, 5.74) is 1.19. The number of aromatic amines is 1. The molecule has 1 unspecified atom stereocenters. The van der Waals surface area contributed by atoms with Crippen LogP contribution < -0.4 is 9.47 Å². The number of hydrogen-bond donors (Lipinski definition) is 2. The number of fused-ring (bicyclic) bond motifs is 3. The molecule has 28 heavy (non-hydrogen) atoms. The van der Waals surface area contributed by atoms with Gasteiger partial charge in [0.25, 0.3) is 10.1 Å². The molecule has 0 spiro atoms. The van der Waals surface area contributed by atoms with Crippen molar-refractivity contribution < 1.29 is 32.0 Å². The lowest BCUT2D eigenvalue weighted by molar-refractivity contribution is 0.0569. The van der Waals surface area contributed by atoms with Crippen LogP contribution in [0.3, 0.4) is 0 Å². The summed E-state index contributed by atoms with van der Waals surface area (Å²) < 4.78 is 41.2. The number of carbonyl (C=O) groups is 1. The summed E-state index contributed by atoms with van der Waals surface area (Å²) in [4.78, 5) is 11.4. The molecule has 1 atom stereocenters. The first-order valence-corrected chi connectivity index (χ1v) is 9.76. The van der Waals surface area contributed by atoms with Gasteiger partial charge in [0.2, 0.25) is 0 Å². The summed E-state index contributed by atoms with van der Waals surface area (Å²) in [6.07, 6.45) is -0.741. The highest BCUT2D eigenvalue weighted by Crippen LogP contribution is 2.40. The number of hydrogen-bond acceptors (Lipinski definition) is 7. The van der Waals surface area contributed by atoms with Gasteiger partial charge in [-0.25, -0.2) is 4.79 Å². The molecule has 0 fully saturated rings. The minimum absolute atomic E-state index is 0.0422. The third kappa shape index (κ3) is 3.27. The summed E-state index contributed by atoms with van der Waals surface area (Å²) in [5.74, 6) is -0.672. The monoisotopic (exact) mass is 404 g/mol. The Balaban J connectivity index is 1.55. The van der Waals surface area contributed by atoms with Crippen LogP contribution in [-0.4, -0.2) is 49.0 Å². The Bertz CT molecular complexity index is 1150. The molecular weight excluding hydrogens is 388 g/mol. The molecule has 1 aliphatic rings. The highest BCUT2D eigenvalue weighted by atomic mass is 32.2. The zero-order valence-corrected chi connectivity index (χ0v) is 15.5. The highest BCUT2D eigenvalue weighted by molar-refractivity contribution is 7.86. The van der Waals surface area contributed by atoms with Gasteiger partial charge in [-0.05, 0) is 31.2 Å². The number of nitrogens with one attached hydrogen (secondary N) is 1. The molecule has 0 aliphatic carbocycles. The smallest absolute Gasteiger partial charge is 0.357 e. The van der Waals surface area contributed by atoms with Crippen LogP contribution in [0.25, 0.3) is 10.9 Å². The number of H-pyrrole nitrogens is 1. The molecule has 2 heterocycles. The van der Waals surface area contributed by atoms with Gasteiger partial charge in [0.05, 0.1) is 15.8 Å². The number of aromatic nitrogens is 2. The molecule has 1 aromatic heterocycles. The standard InChI is InChI=1S/C18H16N2O7S/c1-10-2-4-12(5-3-10)28(23,24)26-9-11-8-25-14-7-6-13-15(17(14)27-11)16(18(21)22)20-19-13/h2-7,11H,8-9H2,1H3,(H,19,20)(H,21,22). The van der Waals surface area contributed by atoms with Crippen LogP contribution in [0, 0.1) is 6.92 Å². The Labute approximate surface area is 160 Å². The molecule has 2 N–H and O–H groups in total. The van der Waals surface area contributed by atoms with E-state index in [0.29, 0.717) is 11.3 Å². The first kappa shape index (κ1) is 18.3. The van der Waals surface area contributed by atoms with E-state index in [4.69, 9.17) is 13.7 Å². The number of rotatable bonds is 5. The van der Waals surface area contributed by atoms with Gasteiger partial charge in [-0.2, -0.15) is 13.5 Å². The van der Waals surface area contributed by atoms with Crippen molar-refractivity contribution >= 4 is 27.0 Å².